The minimum absolute atomic E-state index is 0.0524. The zero-order chi connectivity index (χ0) is 9.97. The molecule has 0 bridgehead atoms. The molecule has 0 radical (unpaired) electrons. The van der Waals surface area contributed by atoms with Crippen molar-refractivity contribution in [2.45, 2.75) is 0 Å². The second kappa shape index (κ2) is 4.32. The molecule has 0 saturated carbocycles. The van der Waals surface area contributed by atoms with E-state index in [1.807, 2.05) is 24.3 Å². The Kier molecular flexibility index (Phi) is 3.08. The van der Waals surface area contributed by atoms with Gasteiger partial charge >= 0.3 is 91.9 Å². The number of hydrogen-bond acceptors (Lipinski definition) is 4. The van der Waals surface area contributed by atoms with Gasteiger partial charge in [-0.3, -0.25) is 0 Å². The molecular weight excluding hydrogens is 314 g/mol. The molecule has 4 nitrogen and oxygen atoms in total. The molecule has 1 aliphatic heterocycles. The fourth-order valence-corrected chi connectivity index (χ4v) is 6.97. The number of aliphatic carboxylic acids is 1. The summed E-state index contributed by atoms with van der Waals surface area (Å²) in [5.41, 5.74) is 0. The third-order valence-electron chi connectivity index (χ3n) is 1.49. The molecule has 0 saturated heterocycles. The van der Waals surface area contributed by atoms with Gasteiger partial charge in [0.05, 0.1) is 0 Å². The van der Waals surface area contributed by atoms with Gasteiger partial charge in [-0.15, -0.1) is 0 Å². The Balaban J connectivity index is 1.95. The summed E-state index contributed by atoms with van der Waals surface area (Å²) in [4.78, 5) is 10.3. The molecular formula is C8H7O4SSb. The average molecular weight is 321 g/mol. The van der Waals surface area contributed by atoms with Crippen LogP contribution in [0.3, 0.4) is 0 Å². The molecule has 0 amide bonds. The van der Waals surface area contributed by atoms with E-state index in [-0.39, 0.29) is 5.75 Å². The minimum atomic E-state index is -2.32. The van der Waals surface area contributed by atoms with Crippen molar-refractivity contribution < 1.29 is 15.9 Å². The fraction of sp³-hybridized carbons (Fsp3) is 0.125. The van der Waals surface area contributed by atoms with Crippen LogP contribution in [0.2, 0.25) is 0 Å². The number of fused-ring (bicyclic) bond motifs is 1. The Labute approximate surface area is 91.7 Å². The standard InChI is InChI=1S/C6H6O2.C2H4O2S.Sb/c7-5-3-1-2-4-6(5)8;3-2(4)1-5;/h1-4,7-8H;5H,1H2,(H,3,4);/q;;+3/p-3. The van der Waals surface area contributed by atoms with Gasteiger partial charge in [0.15, 0.2) is 0 Å². The Morgan fingerprint density at radius 2 is 1.93 bits per heavy atom. The van der Waals surface area contributed by atoms with Crippen LogP contribution in [0.4, 0.5) is 0 Å². The van der Waals surface area contributed by atoms with Crippen LogP contribution in [0.25, 0.3) is 0 Å². The Morgan fingerprint density at radius 1 is 1.36 bits per heavy atom. The first kappa shape index (κ1) is 9.99. The number of carboxylic acids is 1. The van der Waals surface area contributed by atoms with E-state index in [0.29, 0.717) is 0 Å². The van der Waals surface area contributed by atoms with Crippen LogP contribution in [0.15, 0.2) is 24.3 Å². The van der Waals surface area contributed by atoms with E-state index in [0.717, 1.165) is 11.5 Å². The van der Waals surface area contributed by atoms with Gasteiger partial charge in [-0.2, -0.15) is 0 Å². The van der Waals surface area contributed by atoms with Crippen molar-refractivity contribution in [2.75, 3.05) is 5.75 Å². The zero-order valence-electron chi connectivity index (χ0n) is 7.04. The third kappa shape index (κ3) is 2.28. The predicted octanol–water partition coefficient (Wildman–Crippen LogP) is 1.26. The summed E-state index contributed by atoms with van der Waals surface area (Å²) in [5, 5.41) is 8.49. The van der Waals surface area contributed by atoms with Crippen LogP contribution in [-0.2, 0) is 4.79 Å². The number of carboxylic acid groups (broad SMARTS) is 1. The summed E-state index contributed by atoms with van der Waals surface area (Å²) < 4.78 is 11.0. The van der Waals surface area contributed by atoms with Gasteiger partial charge in [0.2, 0.25) is 0 Å². The number of para-hydroxylation sites is 2. The van der Waals surface area contributed by atoms with Crippen molar-refractivity contribution in [3.63, 3.8) is 0 Å². The maximum atomic E-state index is 10.3. The summed E-state index contributed by atoms with van der Waals surface area (Å²) in [7, 11) is 1.29. The monoisotopic (exact) mass is 320 g/mol. The molecule has 2 rings (SSSR count). The van der Waals surface area contributed by atoms with Crippen molar-refractivity contribution in [3.05, 3.63) is 24.3 Å². The van der Waals surface area contributed by atoms with Gasteiger partial charge in [-0.1, -0.05) is 0 Å². The second-order valence-electron chi connectivity index (χ2n) is 2.52. The second-order valence-corrected chi connectivity index (χ2v) is 9.60. The van der Waals surface area contributed by atoms with E-state index in [2.05, 4.69) is 0 Å². The summed E-state index contributed by atoms with van der Waals surface area (Å²) in [6.07, 6.45) is 0. The van der Waals surface area contributed by atoms with E-state index in [1.54, 1.807) is 0 Å². The molecule has 0 aliphatic carbocycles. The summed E-state index contributed by atoms with van der Waals surface area (Å²) in [6, 6.07) is 7.41. The van der Waals surface area contributed by atoms with Gasteiger partial charge < -0.3 is 0 Å². The SMILES string of the molecule is O=C(O)C[S][Sb]1[O]c2ccccc2[O]1. The third-order valence-corrected chi connectivity index (χ3v) is 7.96. The molecule has 0 atom stereocenters. The van der Waals surface area contributed by atoms with Crippen molar-refractivity contribution >= 4 is 34.5 Å². The number of benzene rings is 1. The van der Waals surface area contributed by atoms with Crippen LogP contribution < -0.4 is 6.03 Å². The molecule has 1 aliphatic rings. The molecule has 0 spiro atoms. The van der Waals surface area contributed by atoms with E-state index in [1.165, 1.54) is 8.85 Å². The molecule has 0 fully saturated rings. The molecule has 1 heterocycles. The quantitative estimate of drug-likeness (QED) is 0.850. The Hall–Kier alpha value is -0.542. The van der Waals surface area contributed by atoms with Gasteiger partial charge in [-0.05, 0) is 0 Å². The summed E-state index contributed by atoms with van der Waals surface area (Å²) >= 11 is -2.32. The van der Waals surface area contributed by atoms with E-state index in [4.69, 9.17) is 11.1 Å². The maximum absolute atomic E-state index is 10.3. The first-order valence-electron chi connectivity index (χ1n) is 3.85. The number of rotatable bonds is 3. The van der Waals surface area contributed by atoms with E-state index < -0.39 is 25.6 Å². The fourth-order valence-electron chi connectivity index (χ4n) is 0.941. The van der Waals surface area contributed by atoms with Crippen molar-refractivity contribution in [3.8, 4) is 11.5 Å². The van der Waals surface area contributed by atoms with Gasteiger partial charge in [0, 0.05) is 0 Å². The van der Waals surface area contributed by atoms with Crippen LogP contribution in [0.1, 0.15) is 0 Å². The van der Waals surface area contributed by atoms with Crippen molar-refractivity contribution in [1.29, 1.82) is 0 Å². The Bertz CT molecular complexity index is 332. The zero-order valence-corrected chi connectivity index (χ0v) is 10.4. The normalized spacial score (nSPS) is 14.3. The Morgan fingerprint density at radius 3 is 2.43 bits per heavy atom. The molecule has 0 aromatic heterocycles. The van der Waals surface area contributed by atoms with Crippen LogP contribution in [-0.4, -0.2) is 36.5 Å². The van der Waals surface area contributed by atoms with Crippen LogP contribution in [0, 0.1) is 0 Å². The first-order chi connectivity index (χ1) is 6.75. The van der Waals surface area contributed by atoms with Crippen molar-refractivity contribution in [2.24, 2.45) is 0 Å². The summed E-state index contributed by atoms with van der Waals surface area (Å²) in [5.74, 6) is 0.709. The number of carbonyl (C=O) groups is 1. The molecule has 1 N–H and O–H groups in total. The molecule has 74 valence electrons. The molecule has 0 unspecified atom stereocenters. The molecule has 1 aromatic carbocycles. The first-order valence-corrected chi connectivity index (χ1v) is 10.0. The van der Waals surface area contributed by atoms with Crippen LogP contribution >= 0.6 is 8.85 Å². The molecule has 14 heavy (non-hydrogen) atoms. The molecule has 1 aromatic rings. The average Bonchev–Trinajstić information content (AvgIpc) is 2.57. The molecule has 6 heteroatoms. The van der Waals surface area contributed by atoms with E-state index >= 15 is 0 Å². The van der Waals surface area contributed by atoms with Gasteiger partial charge in [-0.25, -0.2) is 0 Å². The summed E-state index contributed by atoms with van der Waals surface area (Å²) in [6.45, 7) is 0. The van der Waals surface area contributed by atoms with Gasteiger partial charge in [0.25, 0.3) is 0 Å². The van der Waals surface area contributed by atoms with Crippen LogP contribution in [0.5, 0.6) is 11.5 Å². The van der Waals surface area contributed by atoms with Gasteiger partial charge in [0.1, 0.15) is 0 Å². The van der Waals surface area contributed by atoms with E-state index in [9.17, 15) is 4.79 Å². The van der Waals surface area contributed by atoms with Crippen molar-refractivity contribution in [1.82, 2.24) is 0 Å². The topological polar surface area (TPSA) is 55.8 Å². The number of hydrogen-bond donors (Lipinski definition) is 1. The predicted molar refractivity (Wildman–Crippen MR) is 53.5 cm³/mol.